The lowest BCUT2D eigenvalue weighted by Crippen LogP contribution is -2.25. The molecule has 1 aromatic carbocycles. The topological polar surface area (TPSA) is 29.3 Å². The third kappa shape index (κ3) is 3.09. The lowest BCUT2D eigenvalue weighted by Gasteiger charge is -2.16. The van der Waals surface area contributed by atoms with E-state index in [2.05, 4.69) is 4.90 Å². The van der Waals surface area contributed by atoms with Crippen molar-refractivity contribution in [2.75, 3.05) is 20.1 Å². The highest BCUT2D eigenvalue weighted by atomic mass is 19.1. The SMILES string of the molecule is Cc1ccc(F)cc1CN(C)CCN. The molecule has 0 amide bonds. The summed E-state index contributed by atoms with van der Waals surface area (Å²) in [6.07, 6.45) is 0. The summed E-state index contributed by atoms with van der Waals surface area (Å²) < 4.78 is 12.9. The molecule has 0 atom stereocenters. The molecule has 3 heteroatoms. The van der Waals surface area contributed by atoms with Crippen LogP contribution in [0.4, 0.5) is 4.39 Å². The molecule has 0 aliphatic rings. The van der Waals surface area contributed by atoms with Gasteiger partial charge in [-0.2, -0.15) is 0 Å². The largest absolute Gasteiger partial charge is 0.329 e. The first kappa shape index (κ1) is 11.1. The fraction of sp³-hybridized carbons (Fsp3) is 0.455. The zero-order valence-corrected chi connectivity index (χ0v) is 8.76. The van der Waals surface area contributed by atoms with E-state index in [0.717, 1.165) is 24.2 Å². The summed E-state index contributed by atoms with van der Waals surface area (Å²) in [7, 11) is 1.98. The van der Waals surface area contributed by atoms with E-state index in [1.807, 2.05) is 14.0 Å². The predicted octanol–water partition coefficient (Wildman–Crippen LogP) is 1.52. The highest BCUT2D eigenvalue weighted by Crippen LogP contribution is 2.11. The van der Waals surface area contributed by atoms with E-state index in [1.54, 1.807) is 12.1 Å². The van der Waals surface area contributed by atoms with Crippen molar-refractivity contribution in [1.29, 1.82) is 0 Å². The second-order valence-corrected chi connectivity index (χ2v) is 3.60. The maximum absolute atomic E-state index is 12.9. The van der Waals surface area contributed by atoms with E-state index in [1.165, 1.54) is 6.07 Å². The van der Waals surface area contributed by atoms with Gasteiger partial charge >= 0.3 is 0 Å². The molecule has 0 fully saturated rings. The molecular weight excluding hydrogens is 179 g/mol. The predicted molar refractivity (Wildman–Crippen MR) is 56.5 cm³/mol. The Balaban J connectivity index is 2.70. The molecule has 0 bridgehead atoms. The monoisotopic (exact) mass is 196 g/mol. The minimum Gasteiger partial charge on any atom is -0.329 e. The Morgan fingerprint density at radius 2 is 2.14 bits per heavy atom. The zero-order valence-electron chi connectivity index (χ0n) is 8.76. The Bertz CT molecular complexity index is 299. The third-order valence-corrected chi connectivity index (χ3v) is 2.26. The molecule has 0 radical (unpaired) electrons. The maximum atomic E-state index is 12.9. The maximum Gasteiger partial charge on any atom is 0.123 e. The molecule has 1 aromatic rings. The first-order chi connectivity index (χ1) is 6.63. The first-order valence-electron chi connectivity index (χ1n) is 4.77. The van der Waals surface area contributed by atoms with Crippen LogP contribution >= 0.6 is 0 Å². The number of halogens is 1. The summed E-state index contributed by atoms with van der Waals surface area (Å²) in [6, 6.07) is 4.88. The zero-order chi connectivity index (χ0) is 10.6. The molecule has 0 aliphatic carbocycles. The van der Waals surface area contributed by atoms with E-state index in [9.17, 15) is 4.39 Å². The molecule has 0 aliphatic heterocycles. The standard InChI is InChI=1S/C11H17FN2/c1-9-3-4-11(12)7-10(9)8-14(2)6-5-13/h3-4,7H,5-6,8,13H2,1-2H3. The van der Waals surface area contributed by atoms with E-state index in [4.69, 9.17) is 5.73 Å². The van der Waals surface area contributed by atoms with E-state index in [0.29, 0.717) is 6.54 Å². The fourth-order valence-electron chi connectivity index (χ4n) is 1.40. The number of aryl methyl sites for hydroxylation is 1. The second kappa shape index (κ2) is 5.08. The fourth-order valence-corrected chi connectivity index (χ4v) is 1.40. The van der Waals surface area contributed by atoms with Gasteiger partial charge in [-0.15, -0.1) is 0 Å². The normalized spacial score (nSPS) is 10.9. The smallest absolute Gasteiger partial charge is 0.123 e. The average Bonchev–Trinajstić information content (AvgIpc) is 2.12. The van der Waals surface area contributed by atoms with Crippen molar-refractivity contribution in [3.63, 3.8) is 0 Å². The second-order valence-electron chi connectivity index (χ2n) is 3.60. The van der Waals surface area contributed by atoms with Crippen LogP contribution < -0.4 is 5.73 Å². The van der Waals surface area contributed by atoms with Crippen LogP contribution in [-0.4, -0.2) is 25.0 Å². The van der Waals surface area contributed by atoms with Crippen molar-refractivity contribution in [2.45, 2.75) is 13.5 Å². The van der Waals surface area contributed by atoms with Gasteiger partial charge < -0.3 is 10.6 Å². The summed E-state index contributed by atoms with van der Waals surface area (Å²) in [5, 5.41) is 0. The number of nitrogens with two attached hydrogens (primary N) is 1. The molecule has 2 N–H and O–H groups in total. The van der Waals surface area contributed by atoms with Crippen molar-refractivity contribution in [1.82, 2.24) is 4.90 Å². The molecule has 0 spiro atoms. The highest BCUT2D eigenvalue weighted by Gasteiger charge is 2.03. The first-order valence-corrected chi connectivity index (χ1v) is 4.77. The Morgan fingerprint density at radius 1 is 1.43 bits per heavy atom. The summed E-state index contributed by atoms with van der Waals surface area (Å²) in [5.74, 6) is -0.174. The van der Waals surface area contributed by atoms with Crippen LogP contribution in [0.3, 0.4) is 0 Å². The Morgan fingerprint density at radius 3 is 2.79 bits per heavy atom. The summed E-state index contributed by atoms with van der Waals surface area (Å²) in [5.41, 5.74) is 7.58. The van der Waals surface area contributed by atoms with Gasteiger partial charge in [-0.25, -0.2) is 4.39 Å². The van der Waals surface area contributed by atoms with Crippen LogP contribution in [0.2, 0.25) is 0 Å². The van der Waals surface area contributed by atoms with Gasteiger partial charge in [0.2, 0.25) is 0 Å². The molecule has 0 unspecified atom stereocenters. The van der Waals surface area contributed by atoms with Gasteiger partial charge in [0.1, 0.15) is 5.82 Å². The van der Waals surface area contributed by atoms with Gasteiger partial charge in [0.05, 0.1) is 0 Å². The summed E-state index contributed by atoms with van der Waals surface area (Å²) in [4.78, 5) is 2.09. The molecule has 2 nitrogen and oxygen atoms in total. The lowest BCUT2D eigenvalue weighted by molar-refractivity contribution is 0.335. The van der Waals surface area contributed by atoms with E-state index < -0.39 is 0 Å². The van der Waals surface area contributed by atoms with E-state index in [-0.39, 0.29) is 5.82 Å². The molecular formula is C11H17FN2. The van der Waals surface area contributed by atoms with Crippen molar-refractivity contribution in [3.05, 3.63) is 35.1 Å². The molecule has 78 valence electrons. The number of nitrogens with zero attached hydrogens (tertiary/aromatic N) is 1. The molecule has 0 saturated carbocycles. The van der Waals surface area contributed by atoms with Crippen molar-refractivity contribution in [3.8, 4) is 0 Å². The van der Waals surface area contributed by atoms with Crippen LogP contribution in [-0.2, 0) is 6.54 Å². The number of hydrogen-bond donors (Lipinski definition) is 1. The minimum atomic E-state index is -0.174. The van der Waals surface area contributed by atoms with Crippen LogP contribution in [0, 0.1) is 12.7 Å². The third-order valence-electron chi connectivity index (χ3n) is 2.26. The van der Waals surface area contributed by atoms with Gasteiger partial charge in [-0.1, -0.05) is 6.07 Å². The molecule has 14 heavy (non-hydrogen) atoms. The van der Waals surface area contributed by atoms with Gasteiger partial charge in [-0.3, -0.25) is 0 Å². The van der Waals surface area contributed by atoms with Crippen LogP contribution in [0.1, 0.15) is 11.1 Å². The molecule has 1 rings (SSSR count). The van der Waals surface area contributed by atoms with Crippen molar-refractivity contribution in [2.24, 2.45) is 5.73 Å². The Labute approximate surface area is 84.5 Å². The minimum absolute atomic E-state index is 0.174. The average molecular weight is 196 g/mol. The Hall–Kier alpha value is -0.930. The molecule has 0 heterocycles. The molecule has 0 saturated heterocycles. The van der Waals surface area contributed by atoms with Crippen LogP contribution in [0.15, 0.2) is 18.2 Å². The summed E-state index contributed by atoms with van der Waals surface area (Å²) >= 11 is 0. The number of hydrogen-bond acceptors (Lipinski definition) is 2. The molecule has 0 aromatic heterocycles. The van der Waals surface area contributed by atoms with Crippen LogP contribution in [0.5, 0.6) is 0 Å². The van der Waals surface area contributed by atoms with Gasteiger partial charge in [0.25, 0.3) is 0 Å². The number of rotatable bonds is 4. The van der Waals surface area contributed by atoms with Gasteiger partial charge in [-0.05, 0) is 37.2 Å². The van der Waals surface area contributed by atoms with Gasteiger partial charge in [0, 0.05) is 19.6 Å². The highest BCUT2D eigenvalue weighted by molar-refractivity contribution is 5.26. The summed E-state index contributed by atoms with van der Waals surface area (Å²) in [6.45, 7) is 4.20. The van der Waals surface area contributed by atoms with E-state index >= 15 is 0 Å². The number of benzene rings is 1. The van der Waals surface area contributed by atoms with Gasteiger partial charge in [0.15, 0.2) is 0 Å². The quantitative estimate of drug-likeness (QED) is 0.791. The van der Waals surface area contributed by atoms with Crippen molar-refractivity contribution < 1.29 is 4.39 Å². The lowest BCUT2D eigenvalue weighted by atomic mass is 10.1. The van der Waals surface area contributed by atoms with Crippen molar-refractivity contribution >= 4 is 0 Å². The number of likely N-dealkylation sites (N-methyl/N-ethyl adjacent to an activating group) is 1. The Kier molecular flexibility index (Phi) is 4.04. The van der Waals surface area contributed by atoms with Crippen LogP contribution in [0.25, 0.3) is 0 Å².